The third kappa shape index (κ3) is 7.02. The van der Waals surface area contributed by atoms with Gasteiger partial charge < -0.3 is 24.4 Å². The molecule has 2 aromatic carbocycles. The minimum absolute atomic E-state index is 0.0782. The molecule has 1 aliphatic rings. The molecular weight excluding hydrogens is 460 g/mol. The summed E-state index contributed by atoms with van der Waals surface area (Å²) in [6, 6.07) is 13.3. The first-order chi connectivity index (χ1) is 15.1. The number of hydrogen-bond acceptors (Lipinski definition) is 5. The fourth-order valence-corrected chi connectivity index (χ4v) is 4.09. The summed E-state index contributed by atoms with van der Waals surface area (Å²) in [7, 11) is 1.61. The van der Waals surface area contributed by atoms with Crippen LogP contribution in [0.15, 0.2) is 71.2 Å². The minimum atomic E-state index is -0.688. The minimum Gasteiger partial charge on any atom is -0.496 e. The molecule has 0 spiro atoms. The molecule has 0 heterocycles. The summed E-state index contributed by atoms with van der Waals surface area (Å²) in [5.41, 5.74) is 2.54. The van der Waals surface area contributed by atoms with Crippen molar-refractivity contribution in [3.8, 4) is 5.75 Å². The quantitative estimate of drug-likeness (QED) is 0.478. The van der Waals surface area contributed by atoms with Crippen LogP contribution in [-0.2, 0) is 22.7 Å². The van der Waals surface area contributed by atoms with E-state index >= 15 is 0 Å². The van der Waals surface area contributed by atoms with Crippen LogP contribution in [-0.4, -0.2) is 36.6 Å². The molecule has 1 unspecified atom stereocenters. The predicted molar refractivity (Wildman–Crippen MR) is 124 cm³/mol. The summed E-state index contributed by atoms with van der Waals surface area (Å²) < 4.78 is 18.1. The summed E-state index contributed by atoms with van der Waals surface area (Å²) in [6.45, 7) is 1.03. The Morgan fingerprint density at radius 2 is 1.68 bits per heavy atom. The van der Waals surface area contributed by atoms with Crippen LogP contribution in [0.25, 0.3) is 0 Å². The molecule has 0 fully saturated rings. The molecule has 5 nitrogen and oxygen atoms in total. The van der Waals surface area contributed by atoms with Gasteiger partial charge in [-0.1, -0.05) is 70.6 Å². The molecule has 0 aromatic heterocycles. The van der Waals surface area contributed by atoms with E-state index in [-0.39, 0.29) is 19.1 Å². The molecule has 31 heavy (non-hydrogen) atoms. The first kappa shape index (κ1) is 23.7. The normalized spacial score (nSPS) is 17.5. The average molecular weight is 489 g/mol. The largest absolute Gasteiger partial charge is 0.496 e. The number of rotatable bonds is 11. The average Bonchev–Trinajstić information content (AvgIpc) is 2.80. The van der Waals surface area contributed by atoms with Crippen LogP contribution < -0.4 is 4.74 Å². The maximum Gasteiger partial charge on any atom is 0.129 e. The highest BCUT2D eigenvalue weighted by Gasteiger charge is 2.18. The summed E-state index contributed by atoms with van der Waals surface area (Å²) in [4.78, 5) is 0. The van der Waals surface area contributed by atoms with Crippen LogP contribution in [0.1, 0.15) is 29.2 Å². The van der Waals surface area contributed by atoms with E-state index in [1.54, 1.807) is 7.11 Å². The van der Waals surface area contributed by atoms with Crippen molar-refractivity contribution < 1.29 is 24.4 Å². The van der Waals surface area contributed by atoms with Gasteiger partial charge in [0.05, 0.1) is 39.6 Å². The molecule has 0 bridgehead atoms. The maximum atomic E-state index is 10.4. The van der Waals surface area contributed by atoms with E-state index in [9.17, 15) is 10.2 Å². The van der Waals surface area contributed by atoms with E-state index in [1.807, 2.05) is 66.8 Å². The lowest BCUT2D eigenvalue weighted by Gasteiger charge is -2.21. The van der Waals surface area contributed by atoms with Crippen molar-refractivity contribution in [2.75, 3.05) is 20.3 Å². The number of halogens is 1. The van der Waals surface area contributed by atoms with Gasteiger partial charge in [0.25, 0.3) is 0 Å². The van der Waals surface area contributed by atoms with Gasteiger partial charge in [-0.3, -0.25) is 0 Å². The lowest BCUT2D eigenvalue weighted by molar-refractivity contribution is 0.00781. The number of hydrogen-bond donors (Lipinski definition) is 2. The SMILES string of the molecule is COc1c(COC[C@@H](O)c2ccccc2)cc(Br)cc1COC[C@@H](O)C1C=CC=CC1. The molecule has 1 aliphatic carbocycles. The van der Waals surface area contributed by atoms with Crippen LogP contribution in [0.2, 0.25) is 0 Å². The number of aliphatic hydroxyl groups is 2. The monoisotopic (exact) mass is 488 g/mol. The van der Waals surface area contributed by atoms with Gasteiger partial charge in [-0.25, -0.2) is 0 Å². The van der Waals surface area contributed by atoms with Crippen molar-refractivity contribution in [3.05, 3.63) is 87.9 Å². The van der Waals surface area contributed by atoms with E-state index in [0.717, 1.165) is 27.6 Å². The second-order valence-electron chi connectivity index (χ2n) is 7.49. The third-order valence-electron chi connectivity index (χ3n) is 5.18. The summed E-state index contributed by atoms with van der Waals surface area (Å²) >= 11 is 3.54. The fraction of sp³-hybridized carbons (Fsp3) is 0.360. The van der Waals surface area contributed by atoms with Crippen molar-refractivity contribution in [2.24, 2.45) is 5.92 Å². The number of aliphatic hydroxyl groups excluding tert-OH is 2. The lowest BCUT2D eigenvalue weighted by atomic mass is 9.95. The number of allylic oxidation sites excluding steroid dienone is 3. The number of benzene rings is 2. The smallest absolute Gasteiger partial charge is 0.129 e. The van der Waals surface area contributed by atoms with E-state index in [2.05, 4.69) is 15.9 Å². The van der Waals surface area contributed by atoms with Gasteiger partial charge >= 0.3 is 0 Å². The van der Waals surface area contributed by atoms with Crippen LogP contribution >= 0.6 is 15.9 Å². The Balaban J connectivity index is 1.56. The van der Waals surface area contributed by atoms with Crippen LogP contribution in [0.4, 0.5) is 0 Å². The fourth-order valence-electron chi connectivity index (χ4n) is 3.54. The zero-order valence-corrected chi connectivity index (χ0v) is 19.2. The molecule has 3 atom stereocenters. The van der Waals surface area contributed by atoms with E-state index < -0.39 is 12.2 Å². The second kappa shape index (κ2) is 12.2. The molecule has 0 radical (unpaired) electrons. The first-order valence-electron chi connectivity index (χ1n) is 10.3. The Morgan fingerprint density at radius 3 is 2.29 bits per heavy atom. The Morgan fingerprint density at radius 1 is 1.00 bits per heavy atom. The highest BCUT2D eigenvalue weighted by atomic mass is 79.9. The highest BCUT2D eigenvalue weighted by molar-refractivity contribution is 9.10. The summed E-state index contributed by atoms with van der Waals surface area (Å²) in [5.74, 6) is 0.766. The molecule has 166 valence electrons. The van der Waals surface area contributed by atoms with Gasteiger partial charge in [0.1, 0.15) is 11.9 Å². The Labute approximate surface area is 192 Å². The number of ether oxygens (including phenoxy) is 3. The molecule has 0 saturated heterocycles. The Bertz CT molecular complexity index is 881. The molecule has 3 rings (SSSR count). The molecule has 2 aromatic rings. The standard InChI is InChI=1S/C25H29BrO5/c1-29-25-20(14-30-16-23(27)18-8-4-2-5-9-18)12-22(26)13-21(25)15-31-17-24(28)19-10-6-3-7-11-19/h2-10,12-13,19,23-24,27-28H,11,14-17H2,1H3/t19?,23-,24-/m1/s1. The maximum absolute atomic E-state index is 10.4. The molecule has 0 saturated carbocycles. The zero-order valence-electron chi connectivity index (χ0n) is 17.6. The van der Waals surface area contributed by atoms with Crippen molar-refractivity contribution >= 4 is 15.9 Å². The van der Waals surface area contributed by atoms with Gasteiger partial charge in [0.2, 0.25) is 0 Å². The molecule has 0 amide bonds. The molecule has 2 N–H and O–H groups in total. The predicted octanol–water partition coefficient (Wildman–Crippen LogP) is 4.72. The highest BCUT2D eigenvalue weighted by Crippen LogP contribution is 2.30. The lowest BCUT2D eigenvalue weighted by Crippen LogP contribution is -2.24. The Hall–Kier alpha value is -1.96. The van der Waals surface area contributed by atoms with Crippen LogP contribution in [0.3, 0.4) is 0 Å². The van der Waals surface area contributed by atoms with E-state index in [1.165, 1.54) is 0 Å². The van der Waals surface area contributed by atoms with Crippen molar-refractivity contribution in [1.82, 2.24) is 0 Å². The summed E-state index contributed by atoms with van der Waals surface area (Å²) in [5, 5.41) is 20.6. The van der Waals surface area contributed by atoms with Gasteiger partial charge in [0, 0.05) is 21.5 Å². The molecular formula is C25H29BrO5. The Kier molecular flexibility index (Phi) is 9.31. The van der Waals surface area contributed by atoms with Gasteiger partial charge in [-0.2, -0.15) is 0 Å². The van der Waals surface area contributed by atoms with Crippen molar-refractivity contribution in [1.29, 1.82) is 0 Å². The second-order valence-corrected chi connectivity index (χ2v) is 8.41. The van der Waals surface area contributed by atoms with Crippen molar-refractivity contribution in [2.45, 2.75) is 31.8 Å². The zero-order chi connectivity index (χ0) is 22.1. The molecule has 6 heteroatoms. The van der Waals surface area contributed by atoms with E-state index in [4.69, 9.17) is 14.2 Å². The number of methoxy groups -OCH3 is 1. The summed E-state index contributed by atoms with van der Waals surface area (Å²) in [6.07, 6.45) is 7.57. The first-order valence-corrected chi connectivity index (χ1v) is 11.1. The van der Waals surface area contributed by atoms with Crippen LogP contribution in [0, 0.1) is 5.92 Å². The topological polar surface area (TPSA) is 68.2 Å². The van der Waals surface area contributed by atoms with Crippen molar-refractivity contribution in [3.63, 3.8) is 0 Å². The molecule has 0 aliphatic heterocycles. The van der Waals surface area contributed by atoms with Gasteiger partial charge in [-0.05, 0) is 24.1 Å². The third-order valence-corrected chi connectivity index (χ3v) is 5.64. The van der Waals surface area contributed by atoms with Gasteiger partial charge in [-0.15, -0.1) is 0 Å². The van der Waals surface area contributed by atoms with E-state index in [0.29, 0.717) is 19.0 Å². The van der Waals surface area contributed by atoms with Crippen LogP contribution in [0.5, 0.6) is 5.75 Å². The van der Waals surface area contributed by atoms with Gasteiger partial charge in [0.15, 0.2) is 0 Å².